The van der Waals surface area contributed by atoms with Crippen molar-refractivity contribution >= 4 is 5.91 Å². The summed E-state index contributed by atoms with van der Waals surface area (Å²) in [5.41, 5.74) is 1.94. The lowest BCUT2D eigenvalue weighted by Gasteiger charge is -2.19. The number of para-hydroxylation sites is 1. The zero-order chi connectivity index (χ0) is 17.3. The molecule has 1 amide bonds. The van der Waals surface area contributed by atoms with Crippen molar-refractivity contribution in [1.82, 2.24) is 20.0 Å². The first-order valence-electron chi connectivity index (χ1n) is 9.39. The molecule has 25 heavy (non-hydrogen) atoms. The van der Waals surface area contributed by atoms with Crippen molar-refractivity contribution in [3.05, 3.63) is 48.3 Å². The summed E-state index contributed by atoms with van der Waals surface area (Å²) in [5.74, 6) is 0.0727. The molecule has 3 rings (SSSR count). The van der Waals surface area contributed by atoms with Gasteiger partial charge in [-0.15, -0.1) is 0 Å². The Morgan fingerprint density at radius 1 is 1.08 bits per heavy atom. The van der Waals surface area contributed by atoms with Crippen molar-refractivity contribution in [2.24, 2.45) is 0 Å². The van der Waals surface area contributed by atoms with Crippen molar-refractivity contribution < 1.29 is 4.79 Å². The molecule has 0 unspecified atom stereocenters. The minimum absolute atomic E-state index is 0.0727. The molecule has 1 saturated heterocycles. The molecule has 1 aliphatic rings. The van der Waals surface area contributed by atoms with E-state index in [1.165, 1.54) is 38.8 Å². The lowest BCUT2D eigenvalue weighted by atomic mass is 10.2. The lowest BCUT2D eigenvalue weighted by molar-refractivity contribution is -0.120. The SMILES string of the molecule is O=C(Cc1cnn(-c2ccccc2)c1)NCCCN1CCCCCC1. The number of nitrogens with one attached hydrogen (secondary N) is 1. The molecule has 0 spiro atoms. The Balaban J connectivity index is 1.37. The second-order valence-corrected chi connectivity index (χ2v) is 6.76. The highest BCUT2D eigenvalue weighted by molar-refractivity contribution is 5.78. The molecular weight excluding hydrogens is 312 g/mol. The van der Waals surface area contributed by atoms with Crippen LogP contribution in [0.15, 0.2) is 42.7 Å². The quantitative estimate of drug-likeness (QED) is 0.789. The Morgan fingerprint density at radius 2 is 1.84 bits per heavy atom. The molecule has 0 bridgehead atoms. The third-order valence-corrected chi connectivity index (χ3v) is 4.69. The predicted octanol–water partition coefficient (Wildman–Crippen LogP) is 2.80. The van der Waals surface area contributed by atoms with Crippen molar-refractivity contribution in [3.63, 3.8) is 0 Å². The number of aromatic nitrogens is 2. The van der Waals surface area contributed by atoms with E-state index in [2.05, 4.69) is 15.3 Å². The van der Waals surface area contributed by atoms with Gasteiger partial charge in [0.2, 0.25) is 5.91 Å². The highest BCUT2D eigenvalue weighted by Crippen LogP contribution is 2.10. The summed E-state index contributed by atoms with van der Waals surface area (Å²) in [6, 6.07) is 9.94. The first-order valence-corrected chi connectivity index (χ1v) is 9.39. The van der Waals surface area contributed by atoms with E-state index >= 15 is 0 Å². The number of likely N-dealkylation sites (tertiary alicyclic amines) is 1. The highest BCUT2D eigenvalue weighted by atomic mass is 16.1. The largest absolute Gasteiger partial charge is 0.356 e. The van der Waals surface area contributed by atoms with E-state index in [9.17, 15) is 4.79 Å². The van der Waals surface area contributed by atoms with Gasteiger partial charge in [0.25, 0.3) is 0 Å². The third-order valence-electron chi connectivity index (χ3n) is 4.69. The monoisotopic (exact) mass is 340 g/mol. The highest BCUT2D eigenvalue weighted by Gasteiger charge is 2.09. The molecule has 1 fully saturated rings. The van der Waals surface area contributed by atoms with E-state index < -0.39 is 0 Å². The molecule has 5 nitrogen and oxygen atoms in total. The summed E-state index contributed by atoms with van der Waals surface area (Å²) < 4.78 is 1.81. The molecule has 134 valence electrons. The van der Waals surface area contributed by atoms with Crippen molar-refractivity contribution in [3.8, 4) is 5.69 Å². The summed E-state index contributed by atoms with van der Waals surface area (Å²) in [7, 11) is 0. The van der Waals surface area contributed by atoms with Gasteiger partial charge >= 0.3 is 0 Å². The minimum Gasteiger partial charge on any atom is -0.356 e. The van der Waals surface area contributed by atoms with Crippen LogP contribution in [-0.4, -0.2) is 46.8 Å². The van der Waals surface area contributed by atoms with Gasteiger partial charge < -0.3 is 10.2 Å². The molecule has 1 aliphatic heterocycles. The number of benzene rings is 1. The Kier molecular flexibility index (Phi) is 6.63. The number of carbonyl (C=O) groups is 1. The van der Waals surface area contributed by atoms with Crippen LogP contribution in [0.5, 0.6) is 0 Å². The Labute approximate surface area is 150 Å². The van der Waals surface area contributed by atoms with E-state index in [-0.39, 0.29) is 5.91 Å². The number of rotatable bonds is 7. The molecular formula is C20H28N4O. The smallest absolute Gasteiger partial charge is 0.224 e. The molecule has 1 aromatic carbocycles. The molecule has 5 heteroatoms. The van der Waals surface area contributed by atoms with Crippen LogP contribution in [-0.2, 0) is 11.2 Å². The summed E-state index contributed by atoms with van der Waals surface area (Å²) in [6.45, 7) is 4.27. The van der Waals surface area contributed by atoms with Gasteiger partial charge in [0.05, 0.1) is 18.3 Å². The van der Waals surface area contributed by atoms with Crippen LogP contribution >= 0.6 is 0 Å². The average Bonchev–Trinajstić information content (AvgIpc) is 2.94. The van der Waals surface area contributed by atoms with Crippen LogP contribution in [0.1, 0.15) is 37.7 Å². The fourth-order valence-corrected chi connectivity index (χ4v) is 3.31. The van der Waals surface area contributed by atoms with E-state index in [1.807, 2.05) is 41.2 Å². The molecule has 1 aromatic heterocycles. The zero-order valence-corrected chi connectivity index (χ0v) is 14.9. The van der Waals surface area contributed by atoms with Gasteiger partial charge in [-0.2, -0.15) is 5.10 Å². The van der Waals surface area contributed by atoms with Gasteiger partial charge in [0, 0.05) is 12.7 Å². The van der Waals surface area contributed by atoms with Crippen LogP contribution < -0.4 is 5.32 Å². The van der Waals surface area contributed by atoms with Crippen molar-refractivity contribution in [1.29, 1.82) is 0 Å². The molecule has 0 aliphatic carbocycles. The zero-order valence-electron chi connectivity index (χ0n) is 14.9. The lowest BCUT2D eigenvalue weighted by Crippen LogP contribution is -2.31. The standard InChI is InChI=1S/C20H28N4O/c25-20(21-11-8-14-23-12-6-1-2-7-13-23)15-18-16-22-24(17-18)19-9-4-3-5-10-19/h3-5,9-10,16-17H,1-2,6-8,11-15H2,(H,21,25). The number of nitrogens with zero attached hydrogens (tertiary/aromatic N) is 3. The summed E-state index contributed by atoms with van der Waals surface area (Å²) in [5, 5.41) is 7.37. The van der Waals surface area contributed by atoms with Crippen LogP contribution in [0.3, 0.4) is 0 Å². The number of hydrogen-bond donors (Lipinski definition) is 1. The van der Waals surface area contributed by atoms with E-state index in [1.54, 1.807) is 6.20 Å². The van der Waals surface area contributed by atoms with Crippen LogP contribution in [0.2, 0.25) is 0 Å². The predicted molar refractivity (Wildman–Crippen MR) is 99.8 cm³/mol. The minimum atomic E-state index is 0.0727. The maximum Gasteiger partial charge on any atom is 0.224 e. The fourth-order valence-electron chi connectivity index (χ4n) is 3.31. The molecule has 2 aromatic rings. The molecule has 1 N–H and O–H groups in total. The molecule has 0 saturated carbocycles. The van der Waals surface area contributed by atoms with Gasteiger partial charge in [-0.05, 0) is 56.6 Å². The van der Waals surface area contributed by atoms with E-state index in [4.69, 9.17) is 0 Å². The number of amides is 1. The molecule has 0 radical (unpaired) electrons. The molecule has 2 heterocycles. The van der Waals surface area contributed by atoms with Crippen molar-refractivity contribution in [2.75, 3.05) is 26.2 Å². The topological polar surface area (TPSA) is 50.2 Å². The molecule has 0 atom stereocenters. The van der Waals surface area contributed by atoms with Crippen molar-refractivity contribution in [2.45, 2.75) is 38.5 Å². The first-order chi connectivity index (χ1) is 12.3. The summed E-state index contributed by atoms with van der Waals surface area (Å²) >= 11 is 0. The summed E-state index contributed by atoms with van der Waals surface area (Å²) in [4.78, 5) is 14.6. The maximum atomic E-state index is 12.1. The maximum absolute atomic E-state index is 12.1. The number of carbonyl (C=O) groups excluding carboxylic acids is 1. The van der Waals surface area contributed by atoms with Crippen LogP contribution in [0, 0.1) is 0 Å². The van der Waals surface area contributed by atoms with Crippen LogP contribution in [0.4, 0.5) is 0 Å². The van der Waals surface area contributed by atoms with Gasteiger partial charge in [-0.1, -0.05) is 31.0 Å². The van der Waals surface area contributed by atoms with Gasteiger partial charge in [-0.25, -0.2) is 4.68 Å². The van der Waals surface area contributed by atoms with E-state index in [0.717, 1.165) is 30.8 Å². The van der Waals surface area contributed by atoms with Gasteiger partial charge in [-0.3, -0.25) is 4.79 Å². The van der Waals surface area contributed by atoms with E-state index in [0.29, 0.717) is 6.42 Å². The second-order valence-electron chi connectivity index (χ2n) is 6.76. The van der Waals surface area contributed by atoms with Crippen LogP contribution in [0.25, 0.3) is 5.69 Å². The Hall–Kier alpha value is -2.14. The Bertz CT molecular complexity index is 645. The average molecular weight is 340 g/mol. The van der Waals surface area contributed by atoms with Gasteiger partial charge in [0.15, 0.2) is 0 Å². The fraction of sp³-hybridized carbons (Fsp3) is 0.500. The second kappa shape index (κ2) is 9.37. The summed E-state index contributed by atoms with van der Waals surface area (Å²) in [6.07, 6.45) is 10.5. The van der Waals surface area contributed by atoms with Gasteiger partial charge in [0.1, 0.15) is 0 Å². The normalized spacial score (nSPS) is 15.7. The number of hydrogen-bond acceptors (Lipinski definition) is 3. The first kappa shape index (κ1) is 17.7. The Morgan fingerprint density at radius 3 is 2.60 bits per heavy atom. The third kappa shape index (κ3) is 5.71.